The van der Waals surface area contributed by atoms with Crippen LogP contribution in [-0.2, 0) is 12.0 Å². The molecule has 1 unspecified atom stereocenters. The standard InChI is InChI=1S/C10H13N.C3H8/c1-10(11)7-6-8-4-2-3-5-9(8)10;1-3-2/h2-5H,6-7,11H2,1H3;3H2,1-2H3. The summed E-state index contributed by atoms with van der Waals surface area (Å²) in [5, 5.41) is 0. The Bertz CT molecular complexity index is 289. The lowest BCUT2D eigenvalue weighted by molar-refractivity contribution is 0.492. The van der Waals surface area contributed by atoms with Crippen LogP contribution in [0.25, 0.3) is 0 Å². The first-order valence-electron chi connectivity index (χ1n) is 5.49. The van der Waals surface area contributed by atoms with E-state index in [0.717, 1.165) is 12.8 Å². The summed E-state index contributed by atoms with van der Waals surface area (Å²) < 4.78 is 0. The fourth-order valence-corrected chi connectivity index (χ4v) is 1.82. The molecule has 0 saturated carbocycles. The minimum Gasteiger partial charge on any atom is -0.322 e. The zero-order chi connectivity index (χ0) is 10.6. The highest BCUT2D eigenvalue weighted by Crippen LogP contribution is 2.33. The van der Waals surface area contributed by atoms with Crippen LogP contribution in [-0.4, -0.2) is 0 Å². The largest absolute Gasteiger partial charge is 0.322 e. The molecule has 1 aromatic rings. The van der Waals surface area contributed by atoms with E-state index < -0.39 is 0 Å². The molecule has 78 valence electrons. The van der Waals surface area contributed by atoms with E-state index in [0.29, 0.717) is 0 Å². The average molecular weight is 191 g/mol. The molecule has 0 bridgehead atoms. The molecular formula is C13H21N. The van der Waals surface area contributed by atoms with E-state index in [-0.39, 0.29) is 5.54 Å². The highest BCUT2D eigenvalue weighted by atomic mass is 14.7. The number of hydrogen-bond donors (Lipinski definition) is 1. The van der Waals surface area contributed by atoms with Crippen LogP contribution < -0.4 is 5.73 Å². The third kappa shape index (κ3) is 2.36. The predicted octanol–water partition coefficient (Wildman–Crippen LogP) is 3.22. The maximum atomic E-state index is 6.09. The van der Waals surface area contributed by atoms with E-state index in [4.69, 9.17) is 5.73 Å². The van der Waals surface area contributed by atoms with E-state index in [1.807, 2.05) is 0 Å². The molecule has 1 aliphatic rings. The van der Waals surface area contributed by atoms with E-state index in [9.17, 15) is 0 Å². The molecule has 0 aromatic heterocycles. The maximum Gasteiger partial charge on any atom is 0.0386 e. The van der Waals surface area contributed by atoms with Crippen molar-refractivity contribution in [3.8, 4) is 0 Å². The van der Waals surface area contributed by atoms with E-state index in [1.54, 1.807) is 0 Å². The lowest BCUT2D eigenvalue weighted by Gasteiger charge is -2.18. The molecule has 2 N–H and O–H groups in total. The number of nitrogens with two attached hydrogens (primary N) is 1. The zero-order valence-corrected chi connectivity index (χ0v) is 9.51. The predicted molar refractivity (Wildman–Crippen MR) is 62.3 cm³/mol. The quantitative estimate of drug-likeness (QED) is 0.669. The minimum atomic E-state index is -0.0728. The second-order valence-electron chi connectivity index (χ2n) is 4.28. The van der Waals surface area contributed by atoms with Gasteiger partial charge in [-0.05, 0) is 30.9 Å². The number of aryl methyl sites for hydroxylation is 1. The fourth-order valence-electron chi connectivity index (χ4n) is 1.82. The van der Waals surface area contributed by atoms with E-state index in [2.05, 4.69) is 45.0 Å². The summed E-state index contributed by atoms with van der Waals surface area (Å²) in [7, 11) is 0. The van der Waals surface area contributed by atoms with Crippen molar-refractivity contribution in [3.05, 3.63) is 35.4 Å². The molecule has 14 heavy (non-hydrogen) atoms. The van der Waals surface area contributed by atoms with Crippen molar-refractivity contribution in [3.63, 3.8) is 0 Å². The Morgan fingerprint density at radius 1 is 1.29 bits per heavy atom. The Morgan fingerprint density at radius 3 is 2.43 bits per heavy atom. The highest BCUT2D eigenvalue weighted by molar-refractivity contribution is 5.37. The van der Waals surface area contributed by atoms with Crippen LogP contribution in [0.2, 0.25) is 0 Å². The third-order valence-corrected chi connectivity index (χ3v) is 2.55. The van der Waals surface area contributed by atoms with Crippen LogP contribution in [0.15, 0.2) is 24.3 Å². The molecule has 1 aliphatic carbocycles. The van der Waals surface area contributed by atoms with Gasteiger partial charge in [0.25, 0.3) is 0 Å². The van der Waals surface area contributed by atoms with Crippen LogP contribution in [0, 0.1) is 0 Å². The Hall–Kier alpha value is -0.820. The van der Waals surface area contributed by atoms with Gasteiger partial charge in [-0.2, -0.15) is 0 Å². The molecule has 0 heterocycles. The summed E-state index contributed by atoms with van der Waals surface area (Å²) in [4.78, 5) is 0. The SMILES string of the molecule is CC1(N)CCc2ccccc21.CCC. The number of fused-ring (bicyclic) bond motifs is 1. The number of rotatable bonds is 0. The summed E-state index contributed by atoms with van der Waals surface area (Å²) in [6, 6.07) is 8.46. The average Bonchev–Trinajstić information content (AvgIpc) is 2.45. The van der Waals surface area contributed by atoms with E-state index in [1.165, 1.54) is 17.5 Å². The lowest BCUT2D eigenvalue weighted by Crippen LogP contribution is -2.29. The van der Waals surface area contributed by atoms with Crippen LogP contribution in [0.4, 0.5) is 0 Å². The van der Waals surface area contributed by atoms with Gasteiger partial charge in [0.15, 0.2) is 0 Å². The van der Waals surface area contributed by atoms with Crippen molar-refractivity contribution in [2.24, 2.45) is 5.73 Å². The topological polar surface area (TPSA) is 26.0 Å². The monoisotopic (exact) mass is 191 g/mol. The summed E-state index contributed by atoms with van der Waals surface area (Å²) in [6.45, 7) is 6.36. The lowest BCUT2D eigenvalue weighted by atomic mass is 9.96. The third-order valence-electron chi connectivity index (χ3n) is 2.55. The second kappa shape index (κ2) is 4.61. The van der Waals surface area contributed by atoms with Gasteiger partial charge in [0.05, 0.1) is 0 Å². The molecule has 1 aromatic carbocycles. The van der Waals surface area contributed by atoms with Crippen LogP contribution in [0.3, 0.4) is 0 Å². The highest BCUT2D eigenvalue weighted by Gasteiger charge is 2.29. The molecule has 1 nitrogen and oxygen atoms in total. The van der Waals surface area contributed by atoms with Crippen molar-refractivity contribution < 1.29 is 0 Å². The van der Waals surface area contributed by atoms with Gasteiger partial charge in [-0.3, -0.25) is 0 Å². The van der Waals surface area contributed by atoms with Gasteiger partial charge < -0.3 is 5.73 Å². The first-order chi connectivity index (χ1) is 6.61. The Labute approximate surface area is 87.3 Å². The molecule has 0 spiro atoms. The molecule has 1 atom stereocenters. The molecule has 1 heteroatoms. The van der Waals surface area contributed by atoms with Crippen LogP contribution in [0.5, 0.6) is 0 Å². The van der Waals surface area contributed by atoms with Crippen molar-refractivity contribution in [1.29, 1.82) is 0 Å². The summed E-state index contributed by atoms with van der Waals surface area (Å²) in [5.74, 6) is 0. The summed E-state index contributed by atoms with van der Waals surface area (Å²) in [5.41, 5.74) is 8.78. The molecule has 0 amide bonds. The van der Waals surface area contributed by atoms with Crippen molar-refractivity contribution >= 4 is 0 Å². The van der Waals surface area contributed by atoms with Crippen LogP contribution in [0.1, 0.15) is 44.7 Å². The van der Waals surface area contributed by atoms with E-state index >= 15 is 0 Å². The maximum absolute atomic E-state index is 6.09. The summed E-state index contributed by atoms with van der Waals surface area (Å²) in [6.07, 6.45) is 3.48. The first-order valence-corrected chi connectivity index (χ1v) is 5.49. The number of hydrogen-bond acceptors (Lipinski definition) is 1. The van der Waals surface area contributed by atoms with Gasteiger partial charge in [0, 0.05) is 5.54 Å². The number of benzene rings is 1. The molecule has 2 rings (SSSR count). The molecule has 0 aliphatic heterocycles. The van der Waals surface area contributed by atoms with Crippen LogP contribution >= 0.6 is 0 Å². The van der Waals surface area contributed by atoms with Gasteiger partial charge >= 0.3 is 0 Å². The summed E-state index contributed by atoms with van der Waals surface area (Å²) >= 11 is 0. The molecule has 0 fully saturated rings. The zero-order valence-electron chi connectivity index (χ0n) is 9.51. The van der Waals surface area contributed by atoms with Crippen molar-refractivity contribution in [1.82, 2.24) is 0 Å². The minimum absolute atomic E-state index is 0.0728. The first kappa shape index (κ1) is 11.3. The Morgan fingerprint density at radius 2 is 1.86 bits per heavy atom. The fraction of sp³-hybridized carbons (Fsp3) is 0.538. The van der Waals surface area contributed by atoms with Crippen molar-refractivity contribution in [2.75, 3.05) is 0 Å². The van der Waals surface area contributed by atoms with Crippen molar-refractivity contribution in [2.45, 2.75) is 45.6 Å². The van der Waals surface area contributed by atoms with Gasteiger partial charge in [-0.15, -0.1) is 0 Å². The Kier molecular flexibility index (Phi) is 3.70. The van der Waals surface area contributed by atoms with Gasteiger partial charge in [-0.1, -0.05) is 44.5 Å². The van der Waals surface area contributed by atoms with Gasteiger partial charge in [0.1, 0.15) is 0 Å². The molecular weight excluding hydrogens is 170 g/mol. The normalized spacial score (nSPS) is 23.7. The van der Waals surface area contributed by atoms with Gasteiger partial charge in [-0.25, -0.2) is 0 Å². The van der Waals surface area contributed by atoms with Gasteiger partial charge in [0.2, 0.25) is 0 Å². The molecule has 0 radical (unpaired) electrons. The smallest absolute Gasteiger partial charge is 0.0386 e. The second-order valence-corrected chi connectivity index (χ2v) is 4.28. The Balaban J connectivity index is 0.000000293. The molecule has 0 saturated heterocycles.